The van der Waals surface area contributed by atoms with E-state index in [1.165, 1.54) is 31.4 Å². The van der Waals surface area contributed by atoms with E-state index in [2.05, 4.69) is 11.8 Å². The van der Waals surface area contributed by atoms with E-state index in [0.717, 1.165) is 31.6 Å². The number of hydrogen-bond donors (Lipinski definition) is 1. The molecule has 2 rings (SSSR count). The van der Waals surface area contributed by atoms with Gasteiger partial charge in [0.15, 0.2) is 0 Å². The normalized spacial score (nSPS) is 22.5. The minimum atomic E-state index is -0.805. The number of hydrogen-bond acceptors (Lipinski definition) is 2. The second kappa shape index (κ2) is 7.14. The first-order chi connectivity index (χ1) is 9.54. The Balaban J connectivity index is 1.86. The van der Waals surface area contributed by atoms with Gasteiger partial charge < -0.3 is 10.0 Å². The van der Waals surface area contributed by atoms with Crippen molar-refractivity contribution in [2.45, 2.75) is 38.7 Å². The van der Waals surface area contributed by atoms with Crippen LogP contribution in [0.1, 0.15) is 44.3 Å². The molecule has 1 N–H and O–H groups in total. The molecule has 112 valence electrons. The number of aliphatic hydroxyl groups excluding tert-OH is 1. The fourth-order valence-electron chi connectivity index (χ4n) is 2.79. The van der Waals surface area contributed by atoms with Crippen LogP contribution < -0.4 is 0 Å². The summed E-state index contributed by atoms with van der Waals surface area (Å²) in [5.74, 6) is -0.507. The molecule has 2 unspecified atom stereocenters. The molecule has 2 atom stereocenters. The summed E-state index contributed by atoms with van der Waals surface area (Å²) in [7, 11) is 0. The van der Waals surface area contributed by atoms with Crippen LogP contribution in [-0.2, 0) is 0 Å². The molecule has 0 aromatic heterocycles. The molecule has 0 spiro atoms. The first kappa shape index (κ1) is 15.4. The SMILES string of the molecule is CC1CCCN(CCC(O)c2cc(F)cc(F)c2)CC1. The van der Waals surface area contributed by atoms with Crippen molar-refractivity contribution < 1.29 is 13.9 Å². The Labute approximate surface area is 119 Å². The van der Waals surface area contributed by atoms with Gasteiger partial charge in [-0.05, 0) is 62.4 Å². The lowest BCUT2D eigenvalue weighted by atomic mass is 10.0. The van der Waals surface area contributed by atoms with Crippen LogP contribution in [0.4, 0.5) is 8.78 Å². The first-order valence-electron chi connectivity index (χ1n) is 7.41. The zero-order valence-corrected chi connectivity index (χ0v) is 12.0. The maximum Gasteiger partial charge on any atom is 0.126 e. The van der Waals surface area contributed by atoms with E-state index >= 15 is 0 Å². The fourth-order valence-corrected chi connectivity index (χ4v) is 2.79. The van der Waals surface area contributed by atoms with Crippen LogP contribution in [0, 0.1) is 17.6 Å². The Bertz CT molecular complexity index is 418. The second-order valence-corrected chi connectivity index (χ2v) is 5.88. The van der Waals surface area contributed by atoms with E-state index < -0.39 is 17.7 Å². The molecule has 0 amide bonds. The molecule has 1 heterocycles. The largest absolute Gasteiger partial charge is 0.388 e. The number of likely N-dealkylation sites (tertiary alicyclic amines) is 1. The van der Waals surface area contributed by atoms with Crippen molar-refractivity contribution in [3.8, 4) is 0 Å². The highest BCUT2D eigenvalue weighted by Crippen LogP contribution is 2.21. The lowest BCUT2D eigenvalue weighted by Gasteiger charge is -2.21. The monoisotopic (exact) mass is 283 g/mol. The van der Waals surface area contributed by atoms with Gasteiger partial charge in [-0.1, -0.05) is 6.92 Å². The molecular weight excluding hydrogens is 260 g/mol. The molecule has 0 saturated carbocycles. The number of rotatable bonds is 4. The van der Waals surface area contributed by atoms with E-state index in [9.17, 15) is 13.9 Å². The van der Waals surface area contributed by atoms with Gasteiger partial charge >= 0.3 is 0 Å². The summed E-state index contributed by atoms with van der Waals surface area (Å²) >= 11 is 0. The topological polar surface area (TPSA) is 23.5 Å². The van der Waals surface area contributed by atoms with Crippen LogP contribution in [0.2, 0.25) is 0 Å². The summed E-state index contributed by atoms with van der Waals surface area (Å²) in [5.41, 5.74) is 0.325. The van der Waals surface area contributed by atoms with E-state index in [1.807, 2.05) is 0 Å². The molecule has 4 heteroatoms. The average molecular weight is 283 g/mol. The Kier molecular flexibility index (Phi) is 5.49. The minimum Gasteiger partial charge on any atom is -0.388 e. The Morgan fingerprint density at radius 1 is 1.20 bits per heavy atom. The third-order valence-electron chi connectivity index (χ3n) is 4.10. The molecule has 0 radical (unpaired) electrons. The van der Waals surface area contributed by atoms with Gasteiger partial charge in [0.05, 0.1) is 6.10 Å². The molecule has 1 aromatic carbocycles. The van der Waals surface area contributed by atoms with E-state index in [4.69, 9.17) is 0 Å². The maximum atomic E-state index is 13.1. The molecule has 2 nitrogen and oxygen atoms in total. The molecule has 1 fully saturated rings. The standard InChI is InChI=1S/C16H23F2NO/c1-12-3-2-6-19(7-4-12)8-5-16(20)13-9-14(17)11-15(18)10-13/h9-12,16,20H,2-8H2,1H3. The van der Waals surface area contributed by atoms with Crippen molar-refractivity contribution in [3.05, 3.63) is 35.4 Å². The number of nitrogens with zero attached hydrogens (tertiary/aromatic N) is 1. The van der Waals surface area contributed by atoms with Crippen molar-refractivity contribution in [3.63, 3.8) is 0 Å². The zero-order chi connectivity index (χ0) is 14.5. The van der Waals surface area contributed by atoms with Gasteiger partial charge in [-0.15, -0.1) is 0 Å². The second-order valence-electron chi connectivity index (χ2n) is 5.88. The van der Waals surface area contributed by atoms with Gasteiger partial charge in [-0.2, -0.15) is 0 Å². The molecule has 1 saturated heterocycles. The number of halogens is 2. The Morgan fingerprint density at radius 3 is 2.60 bits per heavy atom. The lowest BCUT2D eigenvalue weighted by molar-refractivity contribution is 0.142. The van der Waals surface area contributed by atoms with E-state index in [-0.39, 0.29) is 0 Å². The van der Waals surface area contributed by atoms with Gasteiger partial charge in [-0.25, -0.2) is 8.78 Å². The van der Waals surface area contributed by atoms with Gasteiger partial charge in [0.1, 0.15) is 11.6 Å². The van der Waals surface area contributed by atoms with Crippen molar-refractivity contribution in [2.24, 2.45) is 5.92 Å². The molecular formula is C16H23F2NO. The summed E-state index contributed by atoms with van der Waals surface area (Å²) in [5, 5.41) is 10.1. The van der Waals surface area contributed by atoms with Crippen LogP contribution >= 0.6 is 0 Å². The molecule has 1 aliphatic rings. The summed E-state index contributed by atoms with van der Waals surface area (Å²) < 4.78 is 26.2. The van der Waals surface area contributed by atoms with Crippen LogP contribution in [-0.4, -0.2) is 29.6 Å². The Morgan fingerprint density at radius 2 is 1.90 bits per heavy atom. The molecule has 20 heavy (non-hydrogen) atoms. The van der Waals surface area contributed by atoms with Crippen LogP contribution in [0.25, 0.3) is 0 Å². The molecule has 1 aliphatic heterocycles. The van der Waals surface area contributed by atoms with E-state index in [0.29, 0.717) is 12.0 Å². The van der Waals surface area contributed by atoms with Crippen molar-refractivity contribution >= 4 is 0 Å². The molecule has 0 bridgehead atoms. The lowest BCUT2D eigenvalue weighted by Crippen LogP contribution is -2.27. The predicted octanol–water partition coefficient (Wildman–Crippen LogP) is 3.51. The maximum absolute atomic E-state index is 13.1. The number of aliphatic hydroxyl groups is 1. The third kappa shape index (κ3) is 4.53. The average Bonchev–Trinajstić information content (AvgIpc) is 2.59. The number of benzene rings is 1. The minimum absolute atomic E-state index is 0.325. The van der Waals surface area contributed by atoms with Gasteiger partial charge in [0.2, 0.25) is 0 Å². The predicted molar refractivity (Wildman–Crippen MR) is 75.4 cm³/mol. The van der Waals surface area contributed by atoms with E-state index in [1.54, 1.807) is 0 Å². The van der Waals surface area contributed by atoms with Crippen LogP contribution in [0.5, 0.6) is 0 Å². The summed E-state index contributed by atoms with van der Waals surface area (Å²) in [6, 6.07) is 3.24. The van der Waals surface area contributed by atoms with Crippen LogP contribution in [0.15, 0.2) is 18.2 Å². The summed E-state index contributed by atoms with van der Waals surface area (Å²) in [4.78, 5) is 2.34. The Hall–Kier alpha value is -1.00. The van der Waals surface area contributed by atoms with Gasteiger partial charge in [0.25, 0.3) is 0 Å². The summed E-state index contributed by atoms with van der Waals surface area (Å²) in [6.07, 6.45) is 3.34. The fraction of sp³-hybridized carbons (Fsp3) is 0.625. The quantitative estimate of drug-likeness (QED) is 0.914. The van der Waals surface area contributed by atoms with Crippen LogP contribution in [0.3, 0.4) is 0 Å². The summed E-state index contributed by atoms with van der Waals surface area (Å²) in [6.45, 7) is 5.14. The highest BCUT2D eigenvalue weighted by molar-refractivity contribution is 5.20. The van der Waals surface area contributed by atoms with Gasteiger partial charge in [0, 0.05) is 12.6 Å². The molecule has 0 aliphatic carbocycles. The third-order valence-corrected chi connectivity index (χ3v) is 4.10. The van der Waals surface area contributed by atoms with Crippen molar-refractivity contribution in [1.29, 1.82) is 0 Å². The highest BCUT2D eigenvalue weighted by Gasteiger charge is 2.16. The smallest absolute Gasteiger partial charge is 0.126 e. The van der Waals surface area contributed by atoms with Crippen molar-refractivity contribution in [2.75, 3.05) is 19.6 Å². The zero-order valence-electron chi connectivity index (χ0n) is 12.0. The van der Waals surface area contributed by atoms with Crippen molar-refractivity contribution in [1.82, 2.24) is 4.90 Å². The van der Waals surface area contributed by atoms with Gasteiger partial charge in [-0.3, -0.25) is 0 Å². The highest BCUT2D eigenvalue weighted by atomic mass is 19.1. The molecule has 1 aromatic rings. The first-order valence-corrected chi connectivity index (χ1v) is 7.41.